The van der Waals surface area contributed by atoms with E-state index in [0.29, 0.717) is 0 Å². The Morgan fingerprint density at radius 3 is 2.53 bits per heavy atom. The van der Waals surface area contributed by atoms with Crippen LogP contribution in [0.2, 0.25) is 0 Å². The van der Waals surface area contributed by atoms with Gasteiger partial charge in [-0.15, -0.1) is 11.3 Å². The van der Waals surface area contributed by atoms with Crippen molar-refractivity contribution in [2.45, 2.75) is 19.9 Å². The largest absolute Gasteiger partial charge is 0.306 e. The van der Waals surface area contributed by atoms with Gasteiger partial charge in [-0.05, 0) is 74.7 Å². The van der Waals surface area contributed by atoms with E-state index in [-0.39, 0.29) is 11.9 Å². The van der Waals surface area contributed by atoms with Crippen LogP contribution in [0.3, 0.4) is 0 Å². The predicted octanol–water partition coefficient (Wildman–Crippen LogP) is 5.42. The van der Waals surface area contributed by atoms with E-state index in [1.54, 1.807) is 23.5 Å². The average molecular weight is 407 g/mol. The number of nitrogens with one attached hydrogen (secondary N) is 1. The summed E-state index contributed by atoms with van der Waals surface area (Å²) in [6.45, 7) is 4.79. The van der Waals surface area contributed by atoms with Crippen LogP contribution < -0.4 is 5.32 Å². The van der Waals surface area contributed by atoms with Crippen molar-refractivity contribution >= 4 is 43.2 Å². The van der Waals surface area contributed by atoms with Crippen molar-refractivity contribution in [2.75, 3.05) is 6.54 Å². The summed E-state index contributed by atoms with van der Waals surface area (Å²) in [6.07, 6.45) is 0. The summed E-state index contributed by atoms with van der Waals surface area (Å²) in [5.41, 5.74) is 1.90. The first-order valence-electron chi connectivity index (χ1n) is 5.96. The standard InChI is InChI=1S/C14H14Br2FNS/c1-3-18-13(12-7-11(15)14(16)19-12)9-4-8(2)5-10(17)6-9/h4-7,13,18H,3H2,1-2H3. The number of halogens is 3. The maximum absolute atomic E-state index is 13.6. The van der Waals surface area contributed by atoms with Crippen molar-refractivity contribution in [2.24, 2.45) is 0 Å². The summed E-state index contributed by atoms with van der Waals surface area (Å²) in [7, 11) is 0. The molecule has 0 aliphatic carbocycles. The molecule has 1 unspecified atom stereocenters. The third-order valence-electron chi connectivity index (χ3n) is 2.75. The van der Waals surface area contributed by atoms with Gasteiger partial charge in [-0.3, -0.25) is 0 Å². The topological polar surface area (TPSA) is 12.0 Å². The number of thiophene rings is 1. The van der Waals surface area contributed by atoms with E-state index >= 15 is 0 Å². The zero-order chi connectivity index (χ0) is 14.0. The Morgan fingerprint density at radius 2 is 2.00 bits per heavy atom. The predicted molar refractivity (Wildman–Crippen MR) is 86.4 cm³/mol. The molecule has 1 N–H and O–H groups in total. The van der Waals surface area contributed by atoms with Crippen molar-refractivity contribution in [1.82, 2.24) is 5.32 Å². The highest BCUT2D eigenvalue weighted by molar-refractivity contribution is 9.13. The highest BCUT2D eigenvalue weighted by Crippen LogP contribution is 2.37. The summed E-state index contributed by atoms with van der Waals surface area (Å²) in [4.78, 5) is 1.16. The third-order valence-corrected chi connectivity index (χ3v) is 6.08. The molecule has 0 aliphatic rings. The first kappa shape index (κ1) is 15.2. The maximum atomic E-state index is 13.6. The van der Waals surface area contributed by atoms with E-state index in [0.717, 1.165) is 30.8 Å². The second kappa shape index (κ2) is 6.48. The number of rotatable bonds is 4. The summed E-state index contributed by atoms with van der Waals surface area (Å²) in [5.74, 6) is -0.187. The van der Waals surface area contributed by atoms with Gasteiger partial charge in [-0.2, -0.15) is 0 Å². The maximum Gasteiger partial charge on any atom is 0.123 e. The molecule has 0 aliphatic heterocycles. The molecule has 0 saturated heterocycles. The van der Waals surface area contributed by atoms with Crippen LogP contribution >= 0.6 is 43.2 Å². The molecule has 19 heavy (non-hydrogen) atoms. The van der Waals surface area contributed by atoms with Gasteiger partial charge in [0.1, 0.15) is 5.82 Å². The molecule has 5 heteroatoms. The fourth-order valence-electron chi connectivity index (χ4n) is 2.02. The SMILES string of the molecule is CCNC(c1cc(C)cc(F)c1)c1cc(Br)c(Br)s1. The van der Waals surface area contributed by atoms with Gasteiger partial charge in [0, 0.05) is 9.35 Å². The van der Waals surface area contributed by atoms with E-state index in [1.165, 1.54) is 0 Å². The lowest BCUT2D eigenvalue weighted by molar-refractivity contribution is 0.605. The fraction of sp³-hybridized carbons (Fsp3) is 0.286. The molecule has 0 radical (unpaired) electrons. The molecule has 2 aromatic rings. The van der Waals surface area contributed by atoms with Crippen LogP contribution in [0.15, 0.2) is 32.5 Å². The monoisotopic (exact) mass is 405 g/mol. The quantitative estimate of drug-likeness (QED) is 0.714. The van der Waals surface area contributed by atoms with E-state index in [2.05, 4.69) is 50.2 Å². The average Bonchev–Trinajstić information content (AvgIpc) is 2.65. The Balaban J connectivity index is 2.44. The fourth-order valence-corrected chi connectivity index (χ4v) is 4.22. The number of hydrogen-bond donors (Lipinski definition) is 1. The molecule has 1 atom stereocenters. The van der Waals surface area contributed by atoms with E-state index in [1.807, 2.05) is 13.0 Å². The zero-order valence-corrected chi connectivity index (χ0v) is 14.6. The minimum atomic E-state index is -0.187. The van der Waals surface area contributed by atoms with E-state index in [4.69, 9.17) is 0 Å². The van der Waals surface area contributed by atoms with Crippen molar-refractivity contribution in [3.05, 3.63) is 54.3 Å². The molecule has 0 spiro atoms. The Morgan fingerprint density at radius 1 is 1.26 bits per heavy atom. The molecular weight excluding hydrogens is 393 g/mol. The molecule has 1 aromatic heterocycles. The Labute approximate surface area is 133 Å². The van der Waals surface area contributed by atoms with Crippen molar-refractivity contribution < 1.29 is 4.39 Å². The molecule has 1 nitrogen and oxygen atoms in total. The summed E-state index contributed by atoms with van der Waals surface area (Å²) >= 11 is 8.66. The van der Waals surface area contributed by atoms with Crippen molar-refractivity contribution in [3.8, 4) is 0 Å². The lowest BCUT2D eigenvalue weighted by atomic mass is 10.0. The zero-order valence-electron chi connectivity index (χ0n) is 10.6. The Hall–Kier alpha value is -0.230. The molecule has 0 fully saturated rings. The molecule has 102 valence electrons. The highest BCUT2D eigenvalue weighted by Gasteiger charge is 2.18. The van der Waals surface area contributed by atoms with Gasteiger partial charge >= 0.3 is 0 Å². The number of hydrogen-bond acceptors (Lipinski definition) is 2. The normalized spacial score (nSPS) is 12.7. The minimum absolute atomic E-state index is 0.0204. The van der Waals surface area contributed by atoms with Gasteiger partial charge in [-0.25, -0.2) is 4.39 Å². The number of benzene rings is 1. The first-order valence-corrected chi connectivity index (χ1v) is 8.36. The van der Waals surface area contributed by atoms with Crippen LogP contribution in [-0.2, 0) is 0 Å². The van der Waals surface area contributed by atoms with Crippen LogP contribution in [0.1, 0.15) is 29.0 Å². The third kappa shape index (κ3) is 3.66. The van der Waals surface area contributed by atoms with Gasteiger partial charge in [-0.1, -0.05) is 13.0 Å². The van der Waals surface area contributed by atoms with Gasteiger partial charge in [0.05, 0.1) is 9.83 Å². The Bertz CT molecular complexity index is 543. The van der Waals surface area contributed by atoms with Gasteiger partial charge in [0.25, 0.3) is 0 Å². The lowest BCUT2D eigenvalue weighted by Gasteiger charge is -2.17. The summed E-state index contributed by atoms with van der Waals surface area (Å²) < 4.78 is 15.7. The van der Waals surface area contributed by atoms with Crippen LogP contribution in [0.25, 0.3) is 0 Å². The summed E-state index contributed by atoms with van der Waals surface area (Å²) in [6, 6.07) is 7.27. The second-order valence-electron chi connectivity index (χ2n) is 4.32. The van der Waals surface area contributed by atoms with Gasteiger partial charge < -0.3 is 5.32 Å². The molecule has 0 bridgehead atoms. The van der Waals surface area contributed by atoms with E-state index < -0.39 is 0 Å². The first-order chi connectivity index (χ1) is 9.01. The van der Waals surface area contributed by atoms with Crippen LogP contribution in [0.4, 0.5) is 4.39 Å². The smallest absolute Gasteiger partial charge is 0.123 e. The van der Waals surface area contributed by atoms with Crippen molar-refractivity contribution in [3.63, 3.8) is 0 Å². The van der Waals surface area contributed by atoms with Crippen LogP contribution in [-0.4, -0.2) is 6.54 Å². The lowest BCUT2D eigenvalue weighted by Crippen LogP contribution is -2.21. The van der Waals surface area contributed by atoms with E-state index in [9.17, 15) is 4.39 Å². The molecule has 2 rings (SSSR count). The van der Waals surface area contributed by atoms with Crippen molar-refractivity contribution in [1.29, 1.82) is 0 Å². The second-order valence-corrected chi connectivity index (χ2v) is 7.58. The number of aryl methyl sites for hydroxylation is 1. The molecule has 0 saturated carbocycles. The van der Waals surface area contributed by atoms with Gasteiger partial charge in [0.15, 0.2) is 0 Å². The Kier molecular flexibility index (Phi) is 5.17. The summed E-state index contributed by atoms with van der Waals surface area (Å²) in [5, 5.41) is 3.41. The van der Waals surface area contributed by atoms with Crippen LogP contribution in [0.5, 0.6) is 0 Å². The molecular formula is C14H14Br2FNS. The minimum Gasteiger partial charge on any atom is -0.306 e. The molecule has 0 amide bonds. The molecule has 1 heterocycles. The molecule has 1 aromatic carbocycles. The van der Waals surface area contributed by atoms with Crippen LogP contribution in [0, 0.1) is 12.7 Å². The van der Waals surface area contributed by atoms with Gasteiger partial charge in [0.2, 0.25) is 0 Å². The highest BCUT2D eigenvalue weighted by atomic mass is 79.9.